The van der Waals surface area contributed by atoms with Crippen LogP contribution >= 0.6 is 0 Å². The van der Waals surface area contributed by atoms with Crippen LogP contribution in [0, 0.1) is 0 Å². The van der Waals surface area contributed by atoms with E-state index in [4.69, 9.17) is 0 Å². The lowest BCUT2D eigenvalue weighted by Crippen LogP contribution is -2.36. The number of amides is 1. The van der Waals surface area contributed by atoms with E-state index >= 15 is 0 Å². The molecular formula is C21H22N4O. The van der Waals surface area contributed by atoms with Gasteiger partial charge >= 0.3 is 0 Å². The molecule has 1 aliphatic rings. The molecule has 4 rings (SSSR count). The number of hydrogen-bond donors (Lipinski definition) is 1. The van der Waals surface area contributed by atoms with Crippen molar-refractivity contribution in [3.63, 3.8) is 0 Å². The first-order valence-corrected chi connectivity index (χ1v) is 9.07. The molecule has 26 heavy (non-hydrogen) atoms. The summed E-state index contributed by atoms with van der Waals surface area (Å²) in [5.41, 5.74) is 3.54. The van der Waals surface area contributed by atoms with E-state index in [2.05, 4.69) is 33.6 Å². The summed E-state index contributed by atoms with van der Waals surface area (Å²) in [6.45, 7) is 0.560. The molecule has 1 heterocycles. The van der Waals surface area contributed by atoms with Gasteiger partial charge < -0.3 is 5.32 Å². The molecule has 5 nitrogen and oxygen atoms in total. The van der Waals surface area contributed by atoms with Crippen molar-refractivity contribution < 1.29 is 4.79 Å². The van der Waals surface area contributed by atoms with Crippen LogP contribution in [0.4, 0.5) is 0 Å². The Morgan fingerprint density at radius 3 is 2.77 bits per heavy atom. The molecule has 0 aliphatic heterocycles. The highest BCUT2D eigenvalue weighted by Crippen LogP contribution is 2.32. The Morgan fingerprint density at radius 1 is 1.15 bits per heavy atom. The number of fused-ring (bicyclic) bond motifs is 1. The van der Waals surface area contributed by atoms with Gasteiger partial charge in [0.25, 0.3) is 0 Å². The van der Waals surface area contributed by atoms with Gasteiger partial charge in [-0.3, -0.25) is 9.48 Å². The molecule has 5 heteroatoms. The zero-order chi connectivity index (χ0) is 17.8. The van der Waals surface area contributed by atoms with Crippen LogP contribution in [0.15, 0.2) is 67.3 Å². The number of nitrogens with zero attached hydrogens (tertiary/aromatic N) is 3. The number of rotatable bonds is 5. The van der Waals surface area contributed by atoms with E-state index in [0.29, 0.717) is 6.54 Å². The highest BCUT2D eigenvalue weighted by atomic mass is 16.2. The molecule has 0 saturated carbocycles. The molecule has 0 bridgehead atoms. The first-order chi connectivity index (χ1) is 12.8. The Kier molecular flexibility index (Phi) is 4.78. The van der Waals surface area contributed by atoms with Gasteiger partial charge in [0.2, 0.25) is 5.91 Å². The Morgan fingerprint density at radius 2 is 1.96 bits per heavy atom. The lowest BCUT2D eigenvalue weighted by molar-refractivity contribution is -0.123. The second-order valence-corrected chi connectivity index (χ2v) is 6.73. The van der Waals surface area contributed by atoms with Crippen LogP contribution < -0.4 is 5.32 Å². The van der Waals surface area contributed by atoms with Gasteiger partial charge in [0.1, 0.15) is 12.7 Å². The predicted octanol–water partition coefficient (Wildman–Crippen LogP) is 3.26. The molecule has 2 atom stereocenters. The molecule has 1 aromatic heterocycles. The van der Waals surface area contributed by atoms with Crippen molar-refractivity contribution in [1.29, 1.82) is 0 Å². The molecule has 0 saturated heterocycles. The van der Waals surface area contributed by atoms with Gasteiger partial charge in [-0.15, -0.1) is 0 Å². The van der Waals surface area contributed by atoms with Crippen LogP contribution in [0.2, 0.25) is 0 Å². The second kappa shape index (κ2) is 7.52. The number of aryl methyl sites for hydroxylation is 1. The van der Waals surface area contributed by atoms with Crippen molar-refractivity contribution in [3.8, 4) is 0 Å². The van der Waals surface area contributed by atoms with Crippen LogP contribution in [0.5, 0.6) is 0 Å². The Bertz CT molecular complexity index is 861. The summed E-state index contributed by atoms with van der Waals surface area (Å²) in [7, 11) is 0. The van der Waals surface area contributed by atoms with Crippen molar-refractivity contribution in [1.82, 2.24) is 20.1 Å². The molecule has 1 amide bonds. The van der Waals surface area contributed by atoms with Crippen molar-refractivity contribution in [3.05, 3.63) is 83.9 Å². The van der Waals surface area contributed by atoms with Crippen molar-refractivity contribution in [2.24, 2.45) is 0 Å². The quantitative estimate of drug-likeness (QED) is 0.771. The van der Waals surface area contributed by atoms with Gasteiger partial charge in [0, 0.05) is 0 Å². The molecule has 2 aromatic carbocycles. The number of nitrogens with one attached hydrogen (secondary N) is 1. The van der Waals surface area contributed by atoms with Crippen LogP contribution in [-0.4, -0.2) is 20.7 Å². The van der Waals surface area contributed by atoms with E-state index < -0.39 is 0 Å². The lowest BCUT2D eigenvalue weighted by atomic mass is 9.82. The highest BCUT2D eigenvalue weighted by molar-refractivity contribution is 5.84. The topological polar surface area (TPSA) is 59.8 Å². The summed E-state index contributed by atoms with van der Waals surface area (Å²) in [5.74, 6) is 0.00743. The SMILES string of the molecule is O=C(N[C@@H](Cn1cncn1)c1ccccc1)[C@@H]1CCCc2ccccc21. The largest absolute Gasteiger partial charge is 0.347 e. The number of benzene rings is 2. The standard InChI is InChI=1S/C21H22N4O/c26-21(19-12-6-10-16-7-4-5-11-18(16)19)24-20(13-25-15-22-14-23-25)17-8-2-1-3-9-17/h1-5,7-9,11,14-15,19-20H,6,10,12-13H2,(H,24,26)/t19-,20+/m1/s1. The molecule has 0 radical (unpaired) electrons. The molecule has 0 unspecified atom stereocenters. The van der Waals surface area contributed by atoms with E-state index in [-0.39, 0.29) is 17.9 Å². The molecule has 0 fully saturated rings. The fourth-order valence-electron chi connectivity index (χ4n) is 3.73. The van der Waals surface area contributed by atoms with Crippen molar-refractivity contribution in [2.45, 2.75) is 37.8 Å². The summed E-state index contributed by atoms with van der Waals surface area (Å²) in [4.78, 5) is 17.1. The van der Waals surface area contributed by atoms with Crippen LogP contribution in [0.25, 0.3) is 0 Å². The molecule has 1 aliphatic carbocycles. The number of carbonyl (C=O) groups is 1. The van der Waals surface area contributed by atoms with Gasteiger partial charge in [-0.25, -0.2) is 4.98 Å². The summed E-state index contributed by atoms with van der Waals surface area (Å²) in [6, 6.07) is 18.2. The highest BCUT2D eigenvalue weighted by Gasteiger charge is 2.28. The Hall–Kier alpha value is -2.95. The minimum absolute atomic E-state index is 0.0816. The van der Waals surface area contributed by atoms with E-state index in [1.165, 1.54) is 17.5 Å². The van der Waals surface area contributed by atoms with Gasteiger partial charge in [-0.2, -0.15) is 5.10 Å². The van der Waals surface area contributed by atoms with Crippen LogP contribution in [-0.2, 0) is 17.8 Å². The predicted molar refractivity (Wildman–Crippen MR) is 99.5 cm³/mol. The van der Waals surface area contributed by atoms with Crippen LogP contribution in [0.3, 0.4) is 0 Å². The summed E-state index contributed by atoms with van der Waals surface area (Å²) < 4.78 is 1.76. The van der Waals surface area contributed by atoms with Gasteiger partial charge in [-0.1, -0.05) is 54.6 Å². The molecule has 132 valence electrons. The average molecular weight is 346 g/mol. The normalized spacial score (nSPS) is 17.3. The van der Waals surface area contributed by atoms with Gasteiger partial charge in [0.15, 0.2) is 0 Å². The van der Waals surface area contributed by atoms with E-state index in [0.717, 1.165) is 24.8 Å². The third-order valence-corrected chi connectivity index (χ3v) is 5.04. The van der Waals surface area contributed by atoms with E-state index in [1.807, 2.05) is 36.4 Å². The lowest BCUT2D eigenvalue weighted by Gasteiger charge is -2.27. The zero-order valence-corrected chi connectivity index (χ0v) is 14.6. The van der Waals surface area contributed by atoms with Crippen molar-refractivity contribution >= 4 is 5.91 Å². The summed E-state index contributed by atoms with van der Waals surface area (Å²) in [5, 5.41) is 7.45. The summed E-state index contributed by atoms with van der Waals surface area (Å²) in [6.07, 6.45) is 6.20. The molecule has 0 spiro atoms. The summed E-state index contributed by atoms with van der Waals surface area (Å²) >= 11 is 0. The van der Waals surface area contributed by atoms with E-state index in [9.17, 15) is 4.79 Å². The third kappa shape index (κ3) is 3.52. The number of carbonyl (C=O) groups excluding carboxylic acids is 1. The maximum absolute atomic E-state index is 13.1. The smallest absolute Gasteiger partial charge is 0.228 e. The second-order valence-electron chi connectivity index (χ2n) is 6.73. The van der Waals surface area contributed by atoms with Crippen LogP contribution in [0.1, 0.15) is 41.5 Å². The van der Waals surface area contributed by atoms with E-state index in [1.54, 1.807) is 11.0 Å². The molecular weight excluding hydrogens is 324 g/mol. The van der Waals surface area contributed by atoms with Gasteiger partial charge in [0.05, 0.1) is 18.5 Å². The average Bonchev–Trinajstić information content (AvgIpc) is 3.21. The maximum Gasteiger partial charge on any atom is 0.228 e. The fraction of sp³-hybridized carbons (Fsp3) is 0.286. The minimum Gasteiger partial charge on any atom is -0.347 e. The Labute approximate surface area is 153 Å². The number of hydrogen-bond acceptors (Lipinski definition) is 3. The monoisotopic (exact) mass is 346 g/mol. The zero-order valence-electron chi connectivity index (χ0n) is 14.6. The van der Waals surface area contributed by atoms with Gasteiger partial charge in [-0.05, 0) is 36.0 Å². The minimum atomic E-state index is -0.139. The number of aromatic nitrogens is 3. The first kappa shape index (κ1) is 16.5. The Balaban J connectivity index is 1.57. The maximum atomic E-state index is 13.1. The fourth-order valence-corrected chi connectivity index (χ4v) is 3.73. The third-order valence-electron chi connectivity index (χ3n) is 5.04. The molecule has 1 N–H and O–H groups in total. The van der Waals surface area contributed by atoms with Crippen molar-refractivity contribution in [2.75, 3.05) is 0 Å². The molecule has 3 aromatic rings. The first-order valence-electron chi connectivity index (χ1n) is 9.07.